The van der Waals surface area contributed by atoms with Crippen molar-refractivity contribution in [2.45, 2.75) is 13.8 Å². The second-order valence-corrected chi connectivity index (χ2v) is 4.02. The highest BCUT2D eigenvalue weighted by Gasteiger charge is 2.06. The number of carbonyl (C=O) groups is 1. The molecule has 0 aromatic heterocycles. The summed E-state index contributed by atoms with van der Waals surface area (Å²) >= 11 is 0. The molecule has 1 aromatic rings. The van der Waals surface area contributed by atoms with Crippen LogP contribution in [0.15, 0.2) is 60.4 Å². The van der Waals surface area contributed by atoms with Crippen molar-refractivity contribution in [1.82, 2.24) is 0 Å². The van der Waals surface area contributed by atoms with Crippen molar-refractivity contribution in [1.29, 1.82) is 0 Å². The van der Waals surface area contributed by atoms with Gasteiger partial charge in [0.2, 0.25) is 0 Å². The average Bonchev–Trinajstić information content (AvgIpc) is 2.39. The van der Waals surface area contributed by atoms with Crippen LogP contribution in [0.1, 0.15) is 22.8 Å². The molecule has 94 valence electrons. The van der Waals surface area contributed by atoms with E-state index < -0.39 is 0 Å². The molecule has 0 saturated carbocycles. The van der Waals surface area contributed by atoms with Gasteiger partial charge in [0.15, 0.2) is 5.78 Å². The fraction of sp³-hybridized carbons (Fsp3) is 0.188. The number of rotatable bonds is 5. The predicted molar refractivity (Wildman–Crippen MR) is 74.6 cm³/mol. The van der Waals surface area contributed by atoms with E-state index in [1.807, 2.05) is 31.2 Å². The van der Waals surface area contributed by atoms with Crippen LogP contribution < -0.4 is 0 Å². The molecule has 0 heterocycles. The molecule has 0 saturated heterocycles. The molecule has 1 rings (SSSR count). The van der Waals surface area contributed by atoms with Gasteiger partial charge in [0.1, 0.15) is 5.76 Å². The van der Waals surface area contributed by atoms with Crippen LogP contribution in [0.25, 0.3) is 0 Å². The second kappa shape index (κ2) is 6.60. The third-order valence-corrected chi connectivity index (χ3v) is 2.61. The molecule has 0 amide bonds. The van der Waals surface area contributed by atoms with E-state index in [2.05, 4.69) is 6.58 Å². The van der Waals surface area contributed by atoms with Gasteiger partial charge in [-0.15, -0.1) is 0 Å². The van der Waals surface area contributed by atoms with Crippen molar-refractivity contribution in [3.05, 3.63) is 71.5 Å². The van der Waals surface area contributed by atoms with E-state index in [0.717, 1.165) is 5.56 Å². The molecule has 0 bridgehead atoms. The van der Waals surface area contributed by atoms with Gasteiger partial charge in [0.25, 0.3) is 0 Å². The molecule has 1 aromatic carbocycles. The minimum Gasteiger partial charge on any atom is -0.497 e. The smallest absolute Gasteiger partial charge is 0.188 e. The number of methoxy groups -OCH3 is 1. The molecule has 18 heavy (non-hydrogen) atoms. The minimum absolute atomic E-state index is 0.0192. The van der Waals surface area contributed by atoms with Crippen molar-refractivity contribution in [2.24, 2.45) is 0 Å². The monoisotopic (exact) mass is 242 g/mol. The van der Waals surface area contributed by atoms with E-state index >= 15 is 0 Å². The van der Waals surface area contributed by atoms with Gasteiger partial charge in [0.05, 0.1) is 7.11 Å². The van der Waals surface area contributed by atoms with E-state index in [1.54, 1.807) is 32.3 Å². The lowest BCUT2D eigenvalue weighted by Gasteiger charge is -2.02. The van der Waals surface area contributed by atoms with Crippen LogP contribution in [-0.2, 0) is 4.74 Å². The van der Waals surface area contributed by atoms with Crippen molar-refractivity contribution in [2.75, 3.05) is 7.11 Å². The molecule has 0 N–H and O–H groups in total. The van der Waals surface area contributed by atoms with E-state index in [-0.39, 0.29) is 5.78 Å². The predicted octanol–water partition coefficient (Wildman–Crippen LogP) is 3.84. The highest BCUT2D eigenvalue weighted by atomic mass is 16.5. The molecule has 2 heteroatoms. The van der Waals surface area contributed by atoms with Gasteiger partial charge in [-0.2, -0.15) is 0 Å². The first-order valence-electron chi connectivity index (χ1n) is 5.75. The first-order valence-corrected chi connectivity index (χ1v) is 5.75. The molecule has 2 nitrogen and oxygen atoms in total. The van der Waals surface area contributed by atoms with Crippen LogP contribution in [0.5, 0.6) is 0 Å². The Bertz CT molecular complexity index is 490. The molecule has 0 aliphatic carbocycles. The Balaban J connectivity index is 2.90. The first kappa shape index (κ1) is 14.0. The fourth-order valence-corrected chi connectivity index (χ4v) is 1.43. The van der Waals surface area contributed by atoms with Crippen LogP contribution in [0.2, 0.25) is 0 Å². The molecule has 0 atom stereocenters. The summed E-state index contributed by atoms with van der Waals surface area (Å²) in [5.74, 6) is 0.650. The lowest BCUT2D eigenvalue weighted by atomic mass is 10.0. The second-order valence-electron chi connectivity index (χ2n) is 4.02. The number of benzene rings is 1. The Morgan fingerprint density at radius 2 is 1.83 bits per heavy atom. The van der Waals surface area contributed by atoms with Gasteiger partial charge >= 0.3 is 0 Å². The first-order chi connectivity index (χ1) is 8.58. The average molecular weight is 242 g/mol. The fourth-order valence-electron chi connectivity index (χ4n) is 1.43. The number of hydrogen-bond acceptors (Lipinski definition) is 2. The topological polar surface area (TPSA) is 26.3 Å². The maximum atomic E-state index is 12.1. The standard InChI is InChI=1S/C16H18O2/c1-5-15(18-4)11-8-13(3)16(17)14-9-6-12(2)7-10-14/h5-11H,1H2,2-4H3/b13-8+,15-11+. The summed E-state index contributed by atoms with van der Waals surface area (Å²) in [5, 5.41) is 0. The normalized spacial score (nSPS) is 12.2. The summed E-state index contributed by atoms with van der Waals surface area (Å²) in [4.78, 5) is 12.1. The Hall–Kier alpha value is -2.09. The van der Waals surface area contributed by atoms with E-state index in [1.165, 1.54) is 0 Å². The SMILES string of the molecule is C=C/C(=C\C=C(/C)C(=O)c1ccc(C)cc1)OC. The Morgan fingerprint density at radius 3 is 2.33 bits per heavy atom. The number of ketones is 1. The summed E-state index contributed by atoms with van der Waals surface area (Å²) in [5.41, 5.74) is 2.50. The maximum absolute atomic E-state index is 12.1. The number of hydrogen-bond donors (Lipinski definition) is 0. The number of ether oxygens (including phenoxy) is 1. The van der Waals surface area contributed by atoms with E-state index in [4.69, 9.17) is 4.74 Å². The summed E-state index contributed by atoms with van der Waals surface area (Å²) < 4.78 is 5.04. The molecule has 0 aliphatic rings. The van der Waals surface area contributed by atoms with Crippen LogP contribution in [0.3, 0.4) is 0 Å². The van der Waals surface area contributed by atoms with Gasteiger partial charge in [-0.1, -0.05) is 42.5 Å². The number of carbonyl (C=O) groups excluding carboxylic acids is 1. The molecule has 0 aliphatic heterocycles. The summed E-state index contributed by atoms with van der Waals surface area (Å²) in [6.07, 6.45) is 5.07. The highest BCUT2D eigenvalue weighted by molar-refractivity contribution is 6.08. The van der Waals surface area contributed by atoms with Gasteiger partial charge in [-0.3, -0.25) is 4.79 Å². The van der Waals surface area contributed by atoms with Crippen LogP contribution in [0.4, 0.5) is 0 Å². The molecule has 0 fully saturated rings. The van der Waals surface area contributed by atoms with E-state index in [0.29, 0.717) is 16.9 Å². The summed E-state index contributed by atoms with van der Waals surface area (Å²) in [6, 6.07) is 7.54. The van der Waals surface area contributed by atoms with Gasteiger partial charge in [-0.25, -0.2) is 0 Å². The van der Waals surface area contributed by atoms with Crippen LogP contribution >= 0.6 is 0 Å². The highest BCUT2D eigenvalue weighted by Crippen LogP contribution is 2.10. The molecule has 0 radical (unpaired) electrons. The lowest BCUT2D eigenvalue weighted by molar-refractivity contribution is 0.103. The van der Waals surface area contributed by atoms with Crippen LogP contribution in [0, 0.1) is 6.92 Å². The van der Waals surface area contributed by atoms with Gasteiger partial charge in [0, 0.05) is 5.56 Å². The van der Waals surface area contributed by atoms with Crippen molar-refractivity contribution < 1.29 is 9.53 Å². The molecule has 0 spiro atoms. The number of aryl methyl sites for hydroxylation is 1. The Morgan fingerprint density at radius 1 is 1.22 bits per heavy atom. The van der Waals surface area contributed by atoms with Crippen molar-refractivity contribution >= 4 is 5.78 Å². The van der Waals surface area contributed by atoms with Crippen molar-refractivity contribution in [3.8, 4) is 0 Å². The quantitative estimate of drug-likeness (QED) is 0.339. The zero-order chi connectivity index (χ0) is 13.5. The van der Waals surface area contributed by atoms with Crippen molar-refractivity contribution in [3.63, 3.8) is 0 Å². The zero-order valence-electron chi connectivity index (χ0n) is 11.1. The van der Waals surface area contributed by atoms with Gasteiger partial charge < -0.3 is 4.74 Å². The largest absolute Gasteiger partial charge is 0.497 e. The molecule has 0 unspecified atom stereocenters. The summed E-state index contributed by atoms with van der Waals surface area (Å²) in [7, 11) is 1.57. The maximum Gasteiger partial charge on any atom is 0.188 e. The number of Topliss-reactive ketones (excluding diaryl/α,β-unsaturated/α-hetero) is 1. The minimum atomic E-state index is 0.0192. The molecular formula is C16H18O2. The van der Waals surface area contributed by atoms with E-state index in [9.17, 15) is 4.79 Å². The Kier molecular flexibility index (Phi) is 5.12. The van der Waals surface area contributed by atoms with Crippen LogP contribution in [-0.4, -0.2) is 12.9 Å². The molecular weight excluding hydrogens is 224 g/mol. The third kappa shape index (κ3) is 3.74. The van der Waals surface area contributed by atoms with Gasteiger partial charge in [-0.05, 0) is 31.6 Å². The number of allylic oxidation sites excluding steroid dienone is 4. The third-order valence-electron chi connectivity index (χ3n) is 2.61. The lowest BCUT2D eigenvalue weighted by Crippen LogP contribution is -2.00. The Labute approximate surface area is 108 Å². The summed E-state index contributed by atoms with van der Waals surface area (Å²) in [6.45, 7) is 7.40. The zero-order valence-corrected chi connectivity index (χ0v) is 11.1.